The fraction of sp³-hybridized carbons (Fsp3) is 0.407. The molecule has 158 valence electrons. The van der Waals surface area contributed by atoms with Crippen molar-refractivity contribution in [2.75, 3.05) is 13.2 Å². The highest BCUT2D eigenvalue weighted by atomic mass is 16.5. The quantitative estimate of drug-likeness (QED) is 0.526. The second-order valence-electron chi connectivity index (χ2n) is 9.26. The maximum Gasteiger partial charge on any atom is 0.124 e. The summed E-state index contributed by atoms with van der Waals surface area (Å²) in [4.78, 5) is 0. The molecule has 1 aliphatic rings. The molecule has 0 aromatic heterocycles. The first-order valence-corrected chi connectivity index (χ1v) is 11.1. The third-order valence-corrected chi connectivity index (χ3v) is 5.90. The third kappa shape index (κ3) is 5.03. The molecule has 1 fully saturated rings. The molecular formula is C27H33NO2. The van der Waals surface area contributed by atoms with Gasteiger partial charge in [0.25, 0.3) is 0 Å². The van der Waals surface area contributed by atoms with E-state index in [1.165, 1.54) is 27.5 Å². The summed E-state index contributed by atoms with van der Waals surface area (Å²) in [6.07, 6.45) is 2.44. The van der Waals surface area contributed by atoms with Crippen LogP contribution in [0.15, 0.2) is 60.7 Å². The van der Waals surface area contributed by atoms with Crippen molar-refractivity contribution in [2.24, 2.45) is 0 Å². The second-order valence-corrected chi connectivity index (χ2v) is 9.26. The number of rotatable bonds is 7. The molecule has 1 atom stereocenters. The average molecular weight is 404 g/mol. The summed E-state index contributed by atoms with van der Waals surface area (Å²) in [6.45, 7) is 9.83. The van der Waals surface area contributed by atoms with Gasteiger partial charge in [0.1, 0.15) is 12.4 Å². The van der Waals surface area contributed by atoms with Gasteiger partial charge in [-0.1, -0.05) is 75.4 Å². The Morgan fingerprint density at radius 2 is 1.77 bits per heavy atom. The summed E-state index contributed by atoms with van der Waals surface area (Å²) in [6, 6.07) is 21.7. The third-order valence-electron chi connectivity index (χ3n) is 5.90. The molecule has 3 nitrogen and oxygen atoms in total. The van der Waals surface area contributed by atoms with Gasteiger partial charge in [-0.05, 0) is 46.2 Å². The van der Waals surface area contributed by atoms with Crippen LogP contribution in [-0.4, -0.2) is 19.3 Å². The highest BCUT2D eigenvalue weighted by molar-refractivity contribution is 5.87. The molecule has 3 aromatic rings. The van der Waals surface area contributed by atoms with Gasteiger partial charge >= 0.3 is 0 Å². The van der Waals surface area contributed by atoms with Gasteiger partial charge in [-0.25, -0.2) is 0 Å². The maximum atomic E-state index is 6.22. The normalized spacial score (nSPS) is 16.8. The number of benzene rings is 3. The first kappa shape index (κ1) is 20.9. The summed E-state index contributed by atoms with van der Waals surface area (Å²) >= 11 is 0. The lowest BCUT2D eigenvalue weighted by Gasteiger charge is -2.19. The van der Waals surface area contributed by atoms with Gasteiger partial charge in [0.2, 0.25) is 0 Å². The van der Waals surface area contributed by atoms with E-state index in [0.29, 0.717) is 6.61 Å². The molecule has 3 aromatic carbocycles. The van der Waals surface area contributed by atoms with Crippen molar-refractivity contribution < 1.29 is 9.47 Å². The molecule has 0 saturated carbocycles. The van der Waals surface area contributed by atoms with Crippen LogP contribution in [-0.2, 0) is 23.2 Å². The molecule has 0 amide bonds. The Hall–Kier alpha value is -2.36. The fourth-order valence-corrected chi connectivity index (χ4v) is 4.05. The van der Waals surface area contributed by atoms with Crippen molar-refractivity contribution in [3.05, 3.63) is 77.4 Å². The monoisotopic (exact) mass is 403 g/mol. The van der Waals surface area contributed by atoms with Crippen LogP contribution in [0.4, 0.5) is 0 Å². The van der Waals surface area contributed by atoms with E-state index >= 15 is 0 Å². The second kappa shape index (κ2) is 9.20. The Morgan fingerprint density at radius 3 is 2.50 bits per heavy atom. The smallest absolute Gasteiger partial charge is 0.124 e. The minimum atomic E-state index is 0.185. The molecule has 0 spiro atoms. The van der Waals surface area contributed by atoms with Crippen LogP contribution in [0.1, 0.15) is 50.3 Å². The number of nitrogens with one attached hydrogen (secondary N) is 1. The molecule has 4 rings (SSSR count). The van der Waals surface area contributed by atoms with Crippen molar-refractivity contribution in [3.63, 3.8) is 0 Å². The van der Waals surface area contributed by atoms with E-state index in [4.69, 9.17) is 9.47 Å². The molecule has 3 heteroatoms. The lowest BCUT2D eigenvalue weighted by atomic mass is 9.87. The van der Waals surface area contributed by atoms with E-state index in [1.807, 2.05) is 0 Å². The van der Waals surface area contributed by atoms with Gasteiger partial charge in [-0.3, -0.25) is 0 Å². The van der Waals surface area contributed by atoms with Gasteiger partial charge in [0.05, 0.1) is 6.10 Å². The standard InChI is InChI=1S/C27H33NO2/c1-27(2,3)22-13-10-20(11-14-22)17-28-18-25-24-9-5-4-7-21(24)12-15-26(25)30-19-23-8-6-16-29-23/h4-5,7,9-15,23,28H,6,8,16-19H2,1-3H3. The lowest BCUT2D eigenvalue weighted by Crippen LogP contribution is -2.18. The molecule has 1 N–H and O–H groups in total. The lowest BCUT2D eigenvalue weighted by molar-refractivity contribution is 0.0676. The molecule has 0 aliphatic carbocycles. The fourth-order valence-electron chi connectivity index (χ4n) is 4.05. The molecule has 0 radical (unpaired) electrons. The Kier molecular flexibility index (Phi) is 6.40. The van der Waals surface area contributed by atoms with Gasteiger partial charge in [0, 0.05) is 25.3 Å². The molecular weight excluding hydrogens is 370 g/mol. The van der Waals surface area contributed by atoms with Crippen LogP contribution in [0.3, 0.4) is 0 Å². The summed E-state index contributed by atoms with van der Waals surface area (Å²) in [7, 11) is 0. The number of ether oxygens (including phenoxy) is 2. The zero-order valence-corrected chi connectivity index (χ0v) is 18.4. The average Bonchev–Trinajstić information content (AvgIpc) is 3.26. The van der Waals surface area contributed by atoms with Crippen LogP contribution >= 0.6 is 0 Å². The highest BCUT2D eigenvalue weighted by Gasteiger charge is 2.17. The van der Waals surface area contributed by atoms with Gasteiger partial charge < -0.3 is 14.8 Å². The Labute approximate surface area is 180 Å². The van der Waals surface area contributed by atoms with Gasteiger partial charge in [0.15, 0.2) is 0 Å². The van der Waals surface area contributed by atoms with E-state index in [9.17, 15) is 0 Å². The molecule has 0 bridgehead atoms. The Morgan fingerprint density at radius 1 is 0.967 bits per heavy atom. The highest BCUT2D eigenvalue weighted by Crippen LogP contribution is 2.29. The summed E-state index contributed by atoms with van der Waals surface area (Å²) < 4.78 is 12.0. The molecule has 1 heterocycles. The van der Waals surface area contributed by atoms with Crippen molar-refractivity contribution in [3.8, 4) is 5.75 Å². The summed E-state index contributed by atoms with van der Waals surface area (Å²) in [5.74, 6) is 0.958. The summed E-state index contributed by atoms with van der Waals surface area (Å²) in [5, 5.41) is 6.12. The zero-order chi connectivity index (χ0) is 21.0. The Bertz CT molecular complexity index is 966. The van der Waals surface area contributed by atoms with Crippen LogP contribution in [0.5, 0.6) is 5.75 Å². The number of fused-ring (bicyclic) bond motifs is 1. The first-order chi connectivity index (χ1) is 14.5. The predicted octanol–water partition coefficient (Wildman–Crippen LogP) is 5.98. The van der Waals surface area contributed by atoms with E-state index < -0.39 is 0 Å². The van der Waals surface area contributed by atoms with Crippen molar-refractivity contribution in [1.29, 1.82) is 0 Å². The Balaban J connectivity index is 1.46. The van der Waals surface area contributed by atoms with Crippen molar-refractivity contribution >= 4 is 10.8 Å². The van der Waals surface area contributed by atoms with Gasteiger partial charge in [-0.2, -0.15) is 0 Å². The van der Waals surface area contributed by atoms with Crippen LogP contribution < -0.4 is 10.1 Å². The SMILES string of the molecule is CC(C)(C)c1ccc(CNCc2c(OCC3CCCO3)ccc3ccccc23)cc1. The van der Waals surface area contributed by atoms with E-state index in [1.54, 1.807) is 0 Å². The van der Waals surface area contributed by atoms with Crippen molar-refractivity contribution in [2.45, 2.75) is 58.2 Å². The summed E-state index contributed by atoms with van der Waals surface area (Å²) in [5.41, 5.74) is 4.07. The van der Waals surface area contributed by atoms with Crippen molar-refractivity contribution in [1.82, 2.24) is 5.32 Å². The van der Waals surface area contributed by atoms with E-state index in [0.717, 1.165) is 38.3 Å². The maximum absolute atomic E-state index is 6.22. The topological polar surface area (TPSA) is 30.5 Å². The first-order valence-electron chi connectivity index (χ1n) is 11.1. The minimum absolute atomic E-state index is 0.185. The predicted molar refractivity (Wildman–Crippen MR) is 124 cm³/mol. The van der Waals surface area contributed by atoms with Crippen LogP contribution in [0.2, 0.25) is 0 Å². The zero-order valence-electron chi connectivity index (χ0n) is 18.4. The number of hydrogen-bond acceptors (Lipinski definition) is 3. The van der Waals surface area contributed by atoms with Crippen LogP contribution in [0.25, 0.3) is 10.8 Å². The molecule has 30 heavy (non-hydrogen) atoms. The molecule has 1 saturated heterocycles. The largest absolute Gasteiger partial charge is 0.491 e. The molecule has 1 aliphatic heterocycles. The number of hydrogen-bond donors (Lipinski definition) is 1. The van der Waals surface area contributed by atoms with Crippen LogP contribution in [0, 0.1) is 0 Å². The minimum Gasteiger partial charge on any atom is -0.491 e. The molecule has 1 unspecified atom stereocenters. The van der Waals surface area contributed by atoms with E-state index in [2.05, 4.69) is 86.8 Å². The van der Waals surface area contributed by atoms with E-state index in [-0.39, 0.29) is 11.5 Å². The van der Waals surface area contributed by atoms with Gasteiger partial charge in [-0.15, -0.1) is 0 Å².